The first-order chi connectivity index (χ1) is 10.3. The highest BCUT2D eigenvalue weighted by Gasteiger charge is 2.61. The van der Waals surface area contributed by atoms with Gasteiger partial charge in [0.05, 0.1) is 0 Å². The molecule has 2 bridgehead atoms. The Kier molecular flexibility index (Phi) is 2.59. The van der Waals surface area contributed by atoms with E-state index in [0.717, 1.165) is 19.4 Å². The molecule has 1 aromatic rings. The summed E-state index contributed by atoms with van der Waals surface area (Å²) in [5, 5.41) is 7.98. The number of nitrogens with one attached hydrogen (secondary N) is 1. The van der Waals surface area contributed by atoms with Crippen molar-refractivity contribution in [2.75, 3.05) is 19.6 Å². The van der Waals surface area contributed by atoms with Crippen molar-refractivity contribution in [3.8, 4) is 0 Å². The maximum atomic E-state index is 13.0. The fourth-order valence-corrected chi connectivity index (χ4v) is 5.19. The Morgan fingerprint density at radius 1 is 1.29 bits per heavy atom. The van der Waals surface area contributed by atoms with Crippen LogP contribution >= 0.6 is 11.3 Å². The summed E-state index contributed by atoms with van der Waals surface area (Å²) in [6.07, 6.45) is 4.67. The fourth-order valence-electron chi connectivity index (χ4n) is 4.51. The molecular formula is C16H21N3OS. The SMILES string of the molecule is O=C1N(C2CN3CCC2CC3)C(c2ccsc2)NC12CC2. The van der Waals surface area contributed by atoms with Crippen LogP contribution in [-0.2, 0) is 4.79 Å². The van der Waals surface area contributed by atoms with Gasteiger partial charge in [-0.3, -0.25) is 10.1 Å². The second-order valence-electron chi connectivity index (χ2n) is 7.10. The van der Waals surface area contributed by atoms with Crippen molar-refractivity contribution in [1.82, 2.24) is 15.1 Å². The maximum Gasteiger partial charge on any atom is 0.244 e. The lowest BCUT2D eigenvalue weighted by Gasteiger charge is -2.49. The number of nitrogens with zero attached hydrogens (tertiary/aromatic N) is 2. The van der Waals surface area contributed by atoms with E-state index < -0.39 is 0 Å². The predicted octanol–water partition coefficient (Wildman–Crippen LogP) is 1.81. The number of amides is 1. The zero-order valence-electron chi connectivity index (χ0n) is 12.1. The van der Waals surface area contributed by atoms with Crippen molar-refractivity contribution in [1.29, 1.82) is 0 Å². The number of hydrogen-bond acceptors (Lipinski definition) is 4. The second-order valence-corrected chi connectivity index (χ2v) is 7.88. The Balaban J connectivity index is 1.51. The van der Waals surface area contributed by atoms with Crippen LogP contribution in [0.4, 0.5) is 0 Å². The molecule has 5 heteroatoms. The molecule has 1 amide bonds. The van der Waals surface area contributed by atoms with Gasteiger partial charge in [0.1, 0.15) is 11.7 Å². The molecule has 0 radical (unpaired) electrons. The summed E-state index contributed by atoms with van der Waals surface area (Å²) in [6.45, 7) is 3.53. The molecule has 21 heavy (non-hydrogen) atoms. The average Bonchev–Trinajstić information content (AvgIpc) is 2.99. The van der Waals surface area contributed by atoms with Crippen molar-refractivity contribution in [3.63, 3.8) is 0 Å². The fraction of sp³-hybridized carbons (Fsp3) is 0.688. The molecule has 5 aliphatic rings. The number of piperidine rings is 3. The molecule has 2 atom stereocenters. The number of carbonyl (C=O) groups excluding carboxylic acids is 1. The zero-order chi connectivity index (χ0) is 14.0. The Bertz CT molecular complexity index is 560. The Hall–Kier alpha value is -0.910. The van der Waals surface area contributed by atoms with Gasteiger partial charge in [0.15, 0.2) is 0 Å². The highest BCUT2D eigenvalue weighted by Crippen LogP contribution is 2.49. The third-order valence-electron chi connectivity index (χ3n) is 5.92. The molecule has 1 saturated carbocycles. The normalized spacial score (nSPS) is 40.2. The van der Waals surface area contributed by atoms with Gasteiger partial charge >= 0.3 is 0 Å². The molecule has 1 aliphatic carbocycles. The van der Waals surface area contributed by atoms with Crippen LogP contribution in [0.1, 0.15) is 37.4 Å². The van der Waals surface area contributed by atoms with Crippen LogP contribution in [-0.4, -0.2) is 46.9 Å². The van der Waals surface area contributed by atoms with Gasteiger partial charge in [-0.25, -0.2) is 0 Å². The summed E-state index contributed by atoms with van der Waals surface area (Å²) in [7, 11) is 0. The molecule has 5 heterocycles. The highest BCUT2D eigenvalue weighted by atomic mass is 32.1. The number of carbonyl (C=O) groups is 1. The summed E-state index contributed by atoms with van der Waals surface area (Å²) in [4.78, 5) is 17.8. The topological polar surface area (TPSA) is 35.6 Å². The molecule has 4 nitrogen and oxygen atoms in total. The smallest absolute Gasteiger partial charge is 0.244 e. The standard InChI is InChI=1S/C16H21N3OS/c20-15-16(4-5-16)17-14(12-3-8-21-10-12)19(15)13-9-18-6-1-11(13)2-7-18/h3,8,10-11,13-14,17H,1-2,4-7,9H2. The minimum atomic E-state index is -0.210. The summed E-state index contributed by atoms with van der Waals surface area (Å²) >= 11 is 1.72. The van der Waals surface area contributed by atoms with Gasteiger partial charge in [0, 0.05) is 12.6 Å². The minimum Gasteiger partial charge on any atom is -0.317 e. The van der Waals surface area contributed by atoms with Gasteiger partial charge in [0.25, 0.3) is 0 Å². The Morgan fingerprint density at radius 2 is 2.10 bits per heavy atom. The van der Waals surface area contributed by atoms with E-state index >= 15 is 0 Å². The number of fused-ring (bicyclic) bond motifs is 3. The van der Waals surface area contributed by atoms with Crippen LogP contribution in [0.3, 0.4) is 0 Å². The van der Waals surface area contributed by atoms with Gasteiger partial charge in [-0.1, -0.05) is 0 Å². The van der Waals surface area contributed by atoms with Gasteiger partial charge < -0.3 is 9.80 Å². The predicted molar refractivity (Wildman–Crippen MR) is 82.0 cm³/mol. The van der Waals surface area contributed by atoms with E-state index in [0.29, 0.717) is 17.9 Å². The summed E-state index contributed by atoms with van der Waals surface area (Å²) in [5.41, 5.74) is 1.06. The van der Waals surface area contributed by atoms with E-state index in [-0.39, 0.29) is 11.7 Å². The Labute approximate surface area is 129 Å². The van der Waals surface area contributed by atoms with E-state index in [1.807, 2.05) is 0 Å². The molecule has 0 aromatic carbocycles. The van der Waals surface area contributed by atoms with Gasteiger partial charge in [-0.2, -0.15) is 11.3 Å². The average molecular weight is 303 g/mol. The first-order valence-corrected chi connectivity index (χ1v) is 9.06. The van der Waals surface area contributed by atoms with Crippen LogP contribution in [0.5, 0.6) is 0 Å². The number of thiophene rings is 1. The molecule has 4 aliphatic heterocycles. The molecule has 5 fully saturated rings. The largest absolute Gasteiger partial charge is 0.317 e. The maximum absolute atomic E-state index is 13.0. The molecule has 4 saturated heterocycles. The molecular weight excluding hydrogens is 282 g/mol. The molecule has 2 unspecified atom stereocenters. The van der Waals surface area contributed by atoms with E-state index in [2.05, 4.69) is 31.9 Å². The van der Waals surface area contributed by atoms with Gasteiger partial charge in [-0.15, -0.1) is 0 Å². The van der Waals surface area contributed by atoms with E-state index in [9.17, 15) is 4.79 Å². The summed E-state index contributed by atoms with van der Waals surface area (Å²) < 4.78 is 0. The van der Waals surface area contributed by atoms with Gasteiger partial charge in [0.2, 0.25) is 5.91 Å². The lowest BCUT2D eigenvalue weighted by atomic mass is 9.82. The highest BCUT2D eigenvalue weighted by molar-refractivity contribution is 7.08. The molecule has 1 N–H and O–H groups in total. The van der Waals surface area contributed by atoms with E-state index in [4.69, 9.17) is 0 Å². The van der Waals surface area contributed by atoms with Crippen molar-refractivity contribution < 1.29 is 4.79 Å². The van der Waals surface area contributed by atoms with Crippen LogP contribution in [0.2, 0.25) is 0 Å². The first-order valence-electron chi connectivity index (χ1n) is 8.12. The summed E-state index contributed by atoms with van der Waals surface area (Å²) in [6, 6.07) is 2.59. The molecule has 1 spiro atoms. The zero-order valence-corrected chi connectivity index (χ0v) is 12.9. The molecule has 6 rings (SSSR count). The quantitative estimate of drug-likeness (QED) is 0.905. The third kappa shape index (κ3) is 1.77. The van der Waals surface area contributed by atoms with Crippen molar-refractivity contribution >= 4 is 17.2 Å². The van der Waals surface area contributed by atoms with E-state index in [1.54, 1.807) is 11.3 Å². The van der Waals surface area contributed by atoms with Crippen molar-refractivity contribution in [2.24, 2.45) is 5.92 Å². The molecule has 1 aromatic heterocycles. The monoisotopic (exact) mass is 303 g/mol. The van der Waals surface area contributed by atoms with Gasteiger partial charge in [-0.05, 0) is 67.1 Å². The van der Waals surface area contributed by atoms with Crippen LogP contribution in [0.15, 0.2) is 16.8 Å². The number of hydrogen-bond donors (Lipinski definition) is 1. The van der Waals surface area contributed by atoms with Crippen molar-refractivity contribution in [2.45, 2.75) is 43.4 Å². The summed E-state index contributed by atoms with van der Waals surface area (Å²) in [5.74, 6) is 1.08. The number of rotatable bonds is 2. The minimum absolute atomic E-state index is 0.108. The Morgan fingerprint density at radius 3 is 2.67 bits per heavy atom. The first kappa shape index (κ1) is 12.6. The van der Waals surface area contributed by atoms with Crippen LogP contribution in [0, 0.1) is 5.92 Å². The third-order valence-corrected chi connectivity index (χ3v) is 6.62. The van der Waals surface area contributed by atoms with Crippen LogP contribution in [0.25, 0.3) is 0 Å². The van der Waals surface area contributed by atoms with Crippen LogP contribution < -0.4 is 5.32 Å². The van der Waals surface area contributed by atoms with Crippen molar-refractivity contribution in [3.05, 3.63) is 22.4 Å². The molecule has 112 valence electrons. The lowest BCUT2D eigenvalue weighted by Crippen LogP contribution is -2.58. The van der Waals surface area contributed by atoms with E-state index in [1.165, 1.54) is 31.5 Å². The second kappa shape index (κ2) is 4.31. The lowest BCUT2D eigenvalue weighted by molar-refractivity contribution is -0.137.